The van der Waals surface area contributed by atoms with Crippen molar-refractivity contribution in [1.82, 2.24) is 0 Å². The van der Waals surface area contributed by atoms with Crippen molar-refractivity contribution >= 4 is 7.12 Å². The van der Waals surface area contributed by atoms with E-state index in [0.717, 1.165) is 12.8 Å². The van der Waals surface area contributed by atoms with Crippen LogP contribution in [0.2, 0.25) is 6.32 Å². The first-order valence-corrected chi connectivity index (χ1v) is 3.21. The average molecular weight is 126 g/mol. The summed E-state index contributed by atoms with van der Waals surface area (Å²) in [5.74, 6) is 0.484. The van der Waals surface area contributed by atoms with Gasteiger partial charge in [0.1, 0.15) is 0 Å². The summed E-state index contributed by atoms with van der Waals surface area (Å²) in [4.78, 5) is 0. The van der Waals surface area contributed by atoms with Crippen molar-refractivity contribution in [1.29, 1.82) is 0 Å². The van der Waals surface area contributed by atoms with Gasteiger partial charge in [-0.2, -0.15) is 0 Å². The molecule has 0 spiro atoms. The first-order valence-electron chi connectivity index (χ1n) is 3.21. The van der Waals surface area contributed by atoms with E-state index in [0.29, 0.717) is 12.2 Å². The topological polar surface area (TPSA) is 40.5 Å². The van der Waals surface area contributed by atoms with E-state index in [1.165, 1.54) is 5.57 Å². The van der Waals surface area contributed by atoms with Crippen molar-refractivity contribution < 1.29 is 10.0 Å². The lowest BCUT2D eigenvalue weighted by Crippen LogP contribution is -2.22. The zero-order valence-electron chi connectivity index (χ0n) is 5.38. The van der Waals surface area contributed by atoms with Crippen molar-refractivity contribution in [3.8, 4) is 0 Å². The van der Waals surface area contributed by atoms with Crippen LogP contribution in [-0.4, -0.2) is 17.2 Å². The molecule has 0 amide bonds. The molecule has 2 nitrogen and oxygen atoms in total. The SMILES string of the molecule is C=C1CC(CB(O)O)C1. The first kappa shape index (κ1) is 6.84. The first-order chi connectivity index (χ1) is 4.18. The van der Waals surface area contributed by atoms with Crippen LogP contribution < -0.4 is 0 Å². The Labute approximate surface area is 55.3 Å². The molecule has 0 radical (unpaired) electrons. The fourth-order valence-electron chi connectivity index (χ4n) is 1.22. The van der Waals surface area contributed by atoms with Gasteiger partial charge in [0, 0.05) is 0 Å². The number of hydrogen-bond acceptors (Lipinski definition) is 2. The maximum atomic E-state index is 8.50. The number of rotatable bonds is 2. The zero-order chi connectivity index (χ0) is 6.85. The van der Waals surface area contributed by atoms with Gasteiger partial charge in [0.15, 0.2) is 0 Å². The van der Waals surface area contributed by atoms with Crippen molar-refractivity contribution in [3.63, 3.8) is 0 Å². The van der Waals surface area contributed by atoms with E-state index in [2.05, 4.69) is 6.58 Å². The molecule has 0 aliphatic heterocycles. The Hall–Kier alpha value is -0.275. The summed E-state index contributed by atoms with van der Waals surface area (Å²) in [6.45, 7) is 3.75. The third-order valence-electron chi connectivity index (χ3n) is 1.70. The molecule has 0 aromatic rings. The standard InChI is InChI=1S/C6H11BO2/c1-5-2-6(3-5)4-7(8)9/h6,8-9H,1-4H2. The van der Waals surface area contributed by atoms with E-state index in [1.54, 1.807) is 0 Å². The molecule has 0 bridgehead atoms. The van der Waals surface area contributed by atoms with Crippen LogP contribution in [0.3, 0.4) is 0 Å². The van der Waals surface area contributed by atoms with E-state index >= 15 is 0 Å². The lowest BCUT2D eigenvalue weighted by atomic mass is 9.68. The fraction of sp³-hybridized carbons (Fsp3) is 0.667. The minimum absolute atomic E-state index is 0.484. The second-order valence-electron chi connectivity index (χ2n) is 2.74. The monoisotopic (exact) mass is 126 g/mol. The van der Waals surface area contributed by atoms with Gasteiger partial charge in [-0.15, -0.1) is 0 Å². The van der Waals surface area contributed by atoms with Gasteiger partial charge in [-0.3, -0.25) is 0 Å². The lowest BCUT2D eigenvalue weighted by Gasteiger charge is -2.27. The van der Waals surface area contributed by atoms with E-state index < -0.39 is 7.12 Å². The third-order valence-corrected chi connectivity index (χ3v) is 1.70. The Morgan fingerprint density at radius 1 is 1.56 bits per heavy atom. The molecule has 1 rings (SSSR count). The molecule has 0 unspecified atom stereocenters. The van der Waals surface area contributed by atoms with E-state index in [-0.39, 0.29) is 0 Å². The molecule has 0 aromatic carbocycles. The number of allylic oxidation sites excluding steroid dienone is 1. The predicted molar refractivity (Wildman–Crippen MR) is 36.9 cm³/mol. The molecule has 50 valence electrons. The van der Waals surface area contributed by atoms with Gasteiger partial charge in [-0.05, 0) is 25.1 Å². The molecular weight excluding hydrogens is 115 g/mol. The molecule has 1 aliphatic carbocycles. The largest absolute Gasteiger partial charge is 0.451 e. The van der Waals surface area contributed by atoms with Gasteiger partial charge >= 0.3 is 7.12 Å². The minimum atomic E-state index is -1.12. The van der Waals surface area contributed by atoms with Crippen molar-refractivity contribution in [2.45, 2.75) is 19.2 Å². The highest BCUT2D eigenvalue weighted by molar-refractivity contribution is 6.41. The van der Waals surface area contributed by atoms with Crippen LogP contribution >= 0.6 is 0 Å². The fourth-order valence-corrected chi connectivity index (χ4v) is 1.22. The Bertz CT molecular complexity index is 114. The van der Waals surface area contributed by atoms with Gasteiger partial charge in [0.05, 0.1) is 0 Å². The van der Waals surface area contributed by atoms with Crippen LogP contribution in [-0.2, 0) is 0 Å². The maximum absolute atomic E-state index is 8.50. The van der Waals surface area contributed by atoms with Gasteiger partial charge < -0.3 is 10.0 Å². The summed E-state index contributed by atoms with van der Waals surface area (Å²) in [7, 11) is -1.12. The Balaban J connectivity index is 2.11. The van der Waals surface area contributed by atoms with Gasteiger partial charge in [0.25, 0.3) is 0 Å². The Kier molecular flexibility index (Phi) is 1.93. The Morgan fingerprint density at radius 3 is 2.44 bits per heavy atom. The van der Waals surface area contributed by atoms with Crippen molar-refractivity contribution in [2.24, 2.45) is 5.92 Å². The Morgan fingerprint density at radius 2 is 2.11 bits per heavy atom. The van der Waals surface area contributed by atoms with E-state index in [9.17, 15) is 0 Å². The summed E-state index contributed by atoms with van der Waals surface area (Å²) in [5, 5.41) is 17.0. The molecule has 1 saturated carbocycles. The van der Waals surface area contributed by atoms with Gasteiger partial charge in [0.2, 0.25) is 0 Å². The zero-order valence-corrected chi connectivity index (χ0v) is 5.38. The molecule has 0 heterocycles. The molecule has 9 heavy (non-hydrogen) atoms. The van der Waals surface area contributed by atoms with Gasteiger partial charge in [-0.25, -0.2) is 0 Å². The highest BCUT2D eigenvalue weighted by Crippen LogP contribution is 2.34. The summed E-state index contributed by atoms with van der Waals surface area (Å²) in [6, 6.07) is 0. The van der Waals surface area contributed by atoms with Crippen LogP contribution in [0.1, 0.15) is 12.8 Å². The highest BCUT2D eigenvalue weighted by atomic mass is 16.4. The van der Waals surface area contributed by atoms with Gasteiger partial charge in [-0.1, -0.05) is 12.2 Å². The van der Waals surface area contributed by atoms with Crippen LogP contribution in [0.5, 0.6) is 0 Å². The molecule has 1 fully saturated rings. The van der Waals surface area contributed by atoms with Crippen LogP contribution in [0.4, 0.5) is 0 Å². The molecule has 3 heteroatoms. The van der Waals surface area contributed by atoms with Crippen LogP contribution in [0.15, 0.2) is 12.2 Å². The second kappa shape index (κ2) is 2.54. The second-order valence-corrected chi connectivity index (χ2v) is 2.74. The molecule has 0 atom stereocenters. The molecule has 2 N–H and O–H groups in total. The quantitative estimate of drug-likeness (QED) is 0.416. The predicted octanol–water partition coefficient (Wildman–Crippen LogP) is 0.425. The summed E-state index contributed by atoms with van der Waals surface area (Å²) in [5.41, 5.74) is 1.24. The maximum Gasteiger partial charge on any atom is 0.451 e. The molecular formula is C6H11BO2. The smallest absolute Gasteiger partial charge is 0.427 e. The average Bonchev–Trinajstić information content (AvgIpc) is 1.60. The van der Waals surface area contributed by atoms with E-state index in [4.69, 9.17) is 10.0 Å². The van der Waals surface area contributed by atoms with Crippen LogP contribution in [0.25, 0.3) is 0 Å². The summed E-state index contributed by atoms with van der Waals surface area (Å²) >= 11 is 0. The van der Waals surface area contributed by atoms with Crippen molar-refractivity contribution in [3.05, 3.63) is 12.2 Å². The lowest BCUT2D eigenvalue weighted by molar-refractivity contribution is 0.363. The van der Waals surface area contributed by atoms with Crippen molar-refractivity contribution in [2.75, 3.05) is 0 Å². The summed E-state index contributed by atoms with van der Waals surface area (Å²) < 4.78 is 0. The normalized spacial score (nSPS) is 19.6. The van der Waals surface area contributed by atoms with E-state index in [1.807, 2.05) is 0 Å². The molecule has 0 aromatic heterocycles. The number of hydrogen-bond donors (Lipinski definition) is 2. The highest BCUT2D eigenvalue weighted by Gasteiger charge is 2.25. The molecule has 0 saturated heterocycles. The van der Waals surface area contributed by atoms with Crippen LogP contribution in [0, 0.1) is 5.92 Å². The molecule has 1 aliphatic rings. The minimum Gasteiger partial charge on any atom is -0.427 e. The summed E-state index contributed by atoms with van der Waals surface area (Å²) in [6.07, 6.45) is 2.48. The third kappa shape index (κ3) is 1.84.